The monoisotopic (exact) mass is 253 g/mol. The number of nitrogens with one attached hydrogen (secondary N) is 2. The van der Waals surface area contributed by atoms with Crippen molar-refractivity contribution in [2.24, 2.45) is 0 Å². The summed E-state index contributed by atoms with van der Waals surface area (Å²) in [6.07, 6.45) is 1.72. The number of hydrogen-bond donors (Lipinski definition) is 2. The van der Waals surface area contributed by atoms with Gasteiger partial charge < -0.3 is 15.0 Å². The number of anilines is 1. The van der Waals surface area contributed by atoms with Gasteiger partial charge in [-0.05, 0) is 11.6 Å². The van der Waals surface area contributed by atoms with E-state index < -0.39 is 0 Å². The van der Waals surface area contributed by atoms with E-state index in [1.165, 1.54) is 0 Å². The molecule has 3 aromatic rings. The highest BCUT2D eigenvalue weighted by Crippen LogP contribution is 2.33. The largest absolute Gasteiger partial charge is 0.493 e. The van der Waals surface area contributed by atoms with Gasteiger partial charge >= 0.3 is 0 Å². The van der Waals surface area contributed by atoms with Crippen LogP contribution < -0.4 is 10.1 Å². The van der Waals surface area contributed by atoms with Gasteiger partial charge in [-0.15, -0.1) is 0 Å². The van der Waals surface area contributed by atoms with Gasteiger partial charge in [0.1, 0.15) is 5.65 Å². The summed E-state index contributed by atoms with van der Waals surface area (Å²) >= 11 is 0. The lowest BCUT2D eigenvalue weighted by Crippen LogP contribution is -1.95. The molecule has 0 bridgehead atoms. The van der Waals surface area contributed by atoms with Crippen molar-refractivity contribution in [2.45, 2.75) is 0 Å². The highest BCUT2D eigenvalue weighted by molar-refractivity contribution is 5.96. The van der Waals surface area contributed by atoms with Gasteiger partial charge in [0, 0.05) is 18.1 Å². The van der Waals surface area contributed by atoms with Crippen LogP contribution >= 0.6 is 0 Å². The molecule has 4 nitrogen and oxygen atoms in total. The number of aromatic nitrogens is 2. The molecule has 0 fully saturated rings. The van der Waals surface area contributed by atoms with Gasteiger partial charge in [-0.25, -0.2) is 4.98 Å². The predicted molar refractivity (Wildman–Crippen MR) is 77.6 cm³/mol. The minimum Gasteiger partial charge on any atom is -0.493 e. The van der Waals surface area contributed by atoms with Gasteiger partial charge in [-0.2, -0.15) is 0 Å². The molecular formula is C15H15N3O. The Kier molecular flexibility index (Phi) is 2.83. The second kappa shape index (κ2) is 4.65. The second-order valence-electron chi connectivity index (χ2n) is 4.26. The lowest BCUT2D eigenvalue weighted by molar-refractivity contribution is 0.415. The number of benzene rings is 1. The summed E-state index contributed by atoms with van der Waals surface area (Å²) in [6, 6.07) is 12.3. The van der Waals surface area contributed by atoms with Crippen molar-refractivity contribution in [3.05, 3.63) is 42.6 Å². The molecule has 0 saturated carbocycles. The average Bonchev–Trinajstić information content (AvgIpc) is 2.91. The summed E-state index contributed by atoms with van der Waals surface area (Å²) in [5.41, 5.74) is 3.99. The Morgan fingerprint density at radius 1 is 1.21 bits per heavy atom. The zero-order chi connectivity index (χ0) is 13.2. The average molecular weight is 253 g/mol. The van der Waals surface area contributed by atoms with Crippen molar-refractivity contribution in [3.8, 4) is 17.0 Å². The quantitative estimate of drug-likeness (QED) is 0.753. The highest BCUT2D eigenvalue weighted by Gasteiger charge is 2.11. The molecule has 2 N–H and O–H groups in total. The number of H-pyrrole nitrogens is 1. The van der Waals surface area contributed by atoms with E-state index in [0.29, 0.717) is 0 Å². The van der Waals surface area contributed by atoms with Gasteiger partial charge in [0.15, 0.2) is 5.75 Å². The van der Waals surface area contributed by atoms with E-state index in [-0.39, 0.29) is 0 Å². The second-order valence-corrected chi connectivity index (χ2v) is 4.26. The number of nitrogens with zero attached hydrogens (tertiary/aromatic N) is 1. The molecule has 0 spiro atoms. The topological polar surface area (TPSA) is 49.9 Å². The first-order chi connectivity index (χ1) is 9.33. The standard InChI is InChI=1S/C15H15N3O/c1-16-14-11-8-12(10-6-4-3-5-7-10)18-15(11)17-9-13(14)19-2/h3-9H,1-2H3,(H2,16,17,18). The minimum absolute atomic E-state index is 0.744. The van der Waals surface area contributed by atoms with Crippen molar-refractivity contribution in [1.82, 2.24) is 9.97 Å². The zero-order valence-electron chi connectivity index (χ0n) is 10.9. The van der Waals surface area contributed by atoms with Crippen molar-refractivity contribution < 1.29 is 4.74 Å². The van der Waals surface area contributed by atoms with Crippen LogP contribution in [-0.4, -0.2) is 24.1 Å². The van der Waals surface area contributed by atoms with E-state index in [9.17, 15) is 0 Å². The number of fused-ring (bicyclic) bond motifs is 1. The van der Waals surface area contributed by atoms with Gasteiger partial charge in [0.05, 0.1) is 19.0 Å². The third-order valence-electron chi connectivity index (χ3n) is 3.18. The van der Waals surface area contributed by atoms with Crippen molar-refractivity contribution >= 4 is 16.7 Å². The number of hydrogen-bond acceptors (Lipinski definition) is 3. The van der Waals surface area contributed by atoms with Crippen LogP contribution in [0, 0.1) is 0 Å². The third-order valence-corrected chi connectivity index (χ3v) is 3.18. The maximum absolute atomic E-state index is 5.32. The molecule has 0 aliphatic carbocycles. The molecule has 0 aliphatic heterocycles. The molecule has 0 radical (unpaired) electrons. The van der Waals surface area contributed by atoms with Crippen LogP contribution in [0.4, 0.5) is 5.69 Å². The van der Waals surface area contributed by atoms with Gasteiger partial charge in [-0.1, -0.05) is 30.3 Å². The van der Waals surface area contributed by atoms with Gasteiger partial charge in [0.2, 0.25) is 0 Å². The van der Waals surface area contributed by atoms with Crippen molar-refractivity contribution in [3.63, 3.8) is 0 Å². The Balaban J connectivity index is 2.21. The number of ether oxygens (including phenoxy) is 1. The van der Waals surface area contributed by atoms with Crippen LogP contribution in [-0.2, 0) is 0 Å². The Morgan fingerprint density at radius 3 is 2.68 bits per heavy atom. The lowest BCUT2D eigenvalue weighted by Gasteiger charge is -2.07. The normalized spacial score (nSPS) is 10.6. The maximum Gasteiger partial charge on any atom is 0.160 e. The fraction of sp³-hybridized carbons (Fsp3) is 0.133. The molecule has 2 heterocycles. The van der Waals surface area contributed by atoms with Gasteiger partial charge in [0.25, 0.3) is 0 Å². The lowest BCUT2D eigenvalue weighted by atomic mass is 10.1. The van der Waals surface area contributed by atoms with Crippen LogP contribution in [0.15, 0.2) is 42.6 Å². The van der Waals surface area contributed by atoms with E-state index in [0.717, 1.165) is 33.7 Å². The van der Waals surface area contributed by atoms with Crippen LogP contribution in [0.25, 0.3) is 22.3 Å². The summed E-state index contributed by atoms with van der Waals surface area (Å²) in [5, 5.41) is 4.20. The van der Waals surface area contributed by atoms with Crippen molar-refractivity contribution in [1.29, 1.82) is 0 Å². The first-order valence-electron chi connectivity index (χ1n) is 6.12. The number of aromatic amines is 1. The number of pyridine rings is 1. The Bertz CT molecular complexity index is 704. The van der Waals surface area contributed by atoms with Crippen LogP contribution in [0.1, 0.15) is 0 Å². The van der Waals surface area contributed by atoms with Crippen LogP contribution in [0.5, 0.6) is 5.75 Å². The van der Waals surface area contributed by atoms with Gasteiger partial charge in [-0.3, -0.25) is 0 Å². The Morgan fingerprint density at radius 2 is 2.00 bits per heavy atom. The fourth-order valence-electron chi connectivity index (χ4n) is 2.24. The Hall–Kier alpha value is -2.49. The van der Waals surface area contributed by atoms with E-state index in [1.54, 1.807) is 13.3 Å². The third kappa shape index (κ3) is 1.91. The summed E-state index contributed by atoms with van der Waals surface area (Å²) in [5.74, 6) is 0.744. The summed E-state index contributed by atoms with van der Waals surface area (Å²) < 4.78 is 5.32. The Labute approximate surface area is 111 Å². The van der Waals surface area contributed by atoms with Crippen LogP contribution in [0.3, 0.4) is 0 Å². The minimum atomic E-state index is 0.744. The summed E-state index contributed by atoms with van der Waals surface area (Å²) in [6.45, 7) is 0. The molecule has 3 rings (SSSR count). The van der Waals surface area contributed by atoms with Crippen molar-refractivity contribution in [2.75, 3.05) is 19.5 Å². The molecule has 0 aliphatic rings. The molecule has 4 heteroatoms. The molecule has 2 aromatic heterocycles. The predicted octanol–water partition coefficient (Wildman–Crippen LogP) is 3.28. The highest BCUT2D eigenvalue weighted by atomic mass is 16.5. The number of methoxy groups -OCH3 is 1. The molecule has 96 valence electrons. The molecule has 0 atom stereocenters. The molecule has 0 unspecified atom stereocenters. The van der Waals surface area contributed by atoms with E-state index in [1.807, 2.05) is 25.2 Å². The fourth-order valence-corrected chi connectivity index (χ4v) is 2.24. The number of rotatable bonds is 3. The maximum atomic E-state index is 5.32. The SMILES string of the molecule is CNc1c(OC)cnc2[nH]c(-c3ccccc3)cc12. The first-order valence-corrected chi connectivity index (χ1v) is 6.12. The smallest absolute Gasteiger partial charge is 0.160 e. The molecule has 19 heavy (non-hydrogen) atoms. The van der Waals surface area contributed by atoms with E-state index in [2.05, 4.69) is 33.5 Å². The molecule has 0 saturated heterocycles. The summed E-state index contributed by atoms with van der Waals surface area (Å²) in [7, 11) is 3.53. The molecular weight excluding hydrogens is 238 g/mol. The molecule has 1 aromatic carbocycles. The first kappa shape index (κ1) is 11.6. The van der Waals surface area contributed by atoms with E-state index >= 15 is 0 Å². The summed E-state index contributed by atoms with van der Waals surface area (Å²) in [4.78, 5) is 7.72. The van der Waals surface area contributed by atoms with E-state index in [4.69, 9.17) is 4.74 Å². The van der Waals surface area contributed by atoms with Crippen LogP contribution in [0.2, 0.25) is 0 Å². The molecule has 0 amide bonds. The zero-order valence-corrected chi connectivity index (χ0v) is 10.9.